The molecule has 0 amide bonds. The molecule has 49 heavy (non-hydrogen) atoms. The first kappa shape index (κ1) is 28.5. The number of benzene rings is 7. The standard InChI is InChI=1S/C44H29N3O2/c48-43-42-40(46(34-19-9-3-10-20-34)44(49)47(43)35-21-11-4-12-22-35)26-25-39-41(42)37-23-13-14-24-38(37)45(39)36-28-32(30-15-5-1-6-16-30)27-33(29-36)31-17-7-2-8-18-31/h1-29H. The molecule has 0 atom stereocenters. The van der Waals surface area contributed by atoms with Crippen LogP contribution in [0.15, 0.2) is 186 Å². The minimum atomic E-state index is -0.416. The second kappa shape index (κ2) is 11.5. The SMILES string of the molecule is O=c1c2c3c4ccccc4n(-c4cc(-c5ccccc5)cc(-c5ccccc5)c4)c3ccc2n(-c2ccccc2)c(=O)n1-c1ccccc1. The summed E-state index contributed by atoms with van der Waals surface area (Å²) < 4.78 is 5.19. The van der Waals surface area contributed by atoms with Crippen LogP contribution < -0.4 is 11.2 Å². The van der Waals surface area contributed by atoms with Crippen LogP contribution in [0.1, 0.15) is 0 Å². The van der Waals surface area contributed by atoms with Gasteiger partial charge in [0.05, 0.1) is 33.3 Å². The van der Waals surface area contributed by atoms with Gasteiger partial charge in [0.15, 0.2) is 0 Å². The van der Waals surface area contributed by atoms with Crippen LogP contribution in [0.25, 0.3) is 72.0 Å². The number of hydrogen-bond donors (Lipinski definition) is 0. The molecule has 232 valence electrons. The topological polar surface area (TPSA) is 48.9 Å². The van der Waals surface area contributed by atoms with E-state index in [1.54, 1.807) is 16.7 Å². The molecule has 0 radical (unpaired) electrons. The Morgan fingerprint density at radius 3 is 1.37 bits per heavy atom. The number of para-hydroxylation sites is 3. The summed E-state index contributed by atoms with van der Waals surface area (Å²) in [6.45, 7) is 0. The van der Waals surface area contributed by atoms with Gasteiger partial charge in [-0.2, -0.15) is 0 Å². The number of hydrogen-bond acceptors (Lipinski definition) is 2. The average Bonchev–Trinajstić information content (AvgIpc) is 3.51. The van der Waals surface area contributed by atoms with Crippen molar-refractivity contribution in [1.82, 2.24) is 13.7 Å². The predicted molar refractivity (Wildman–Crippen MR) is 200 cm³/mol. The van der Waals surface area contributed by atoms with E-state index in [-0.39, 0.29) is 5.56 Å². The van der Waals surface area contributed by atoms with Crippen molar-refractivity contribution in [1.29, 1.82) is 0 Å². The van der Waals surface area contributed by atoms with Gasteiger partial charge in [-0.15, -0.1) is 0 Å². The summed E-state index contributed by atoms with van der Waals surface area (Å²) in [5.41, 5.74) is 8.25. The van der Waals surface area contributed by atoms with Crippen molar-refractivity contribution in [3.8, 4) is 39.3 Å². The van der Waals surface area contributed by atoms with Crippen LogP contribution in [0.2, 0.25) is 0 Å². The first-order valence-corrected chi connectivity index (χ1v) is 16.3. The summed E-state index contributed by atoms with van der Waals surface area (Å²) in [7, 11) is 0. The minimum absolute atomic E-state index is 0.352. The van der Waals surface area contributed by atoms with E-state index in [4.69, 9.17) is 0 Å². The molecule has 5 nitrogen and oxygen atoms in total. The van der Waals surface area contributed by atoms with Crippen LogP contribution >= 0.6 is 0 Å². The van der Waals surface area contributed by atoms with Crippen LogP contribution in [0.3, 0.4) is 0 Å². The molecular formula is C44H29N3O2. The summed E-state index contributed by atoms with van der Waals surface area (Å²) in [5, 5.41) is 2.23. The molecule has 2 aromatic heterocycles. The Balaban J connectivity index is 1.44. The zero-order valence-electron chi connectivity index (χ0n) is 26.4. The largest absolute Gasteiger partial charge is 0.340 e. The molecule has 0 fully saturated rings. The summed E-state index contributed by atoms with van der Waals surface area (Å²) in [6.07, 6.45) is 0. The smallest absolute Gasteiger partial charge is 0.309 e. The molecule has 0 bridgehead atoms. The molecule has 0 N–H and O–H groups in total. The van der Waals surface area contributed by atoms with E-state index < -0.39 is 5.69 Å². The van der Waals surface area contributed by atoms with Crippen molar-refractivity contribution < 1.29 is 0 Å². The van der Waals surface area contributed by atoms with E-state index in [1.807, 2.05) is 84.9 Å². The van der Waals surface area contributed by atoms with E-state index in [1.165, 1.54) is 4.57 Å². The molecule has 7 aromatic carbocycles. The fraction of sp³-hybridized carbons (Fsp3) is 0. The van der Waals surface area contributed by atoms with Gasteiger partial charge in [-0.25, -0.2) is 9.36 Å². The quantitative estimate of drug-likeness (QED) is 0.190. The number of nitrogens with zero attached hydrogens (tertiary/aromatic N) is 3. The highest BCUT2D eigenvalue weighted by atomic mass is 16.2. The zero-order valence-corrected chi connectivity index (χ0v) is 26.4. The Hall–Kier alpha value is -6.72. The zero-order chi connectivity index (χ0) is 32.9. The fourth-order valence-corrected chi connectivity index (χ4v) is 7.10. The van der Waals surface area contributed by atoms with Crippen molar-refractivity contribution in [3.63, 3.8) is 0 Å². The number of rotatable bonds is 5. The molecule has 0 unspecified atom stereocenters. The van der Waals surface area contributed by atoms with E-state index in [0.717, 1.165) is 49.7 Å². The minimum Gasteiger partial charge on any atom is -0.309 e. The van der Waals surface area contributed by atoms with Gasteiger partial charge < -0.3 is 4.57 Å². The lowest BCUT2D eigenvalue weighted by molar-refractivity contribution is 0.836. The second-order valence-electron chi connectivity index (χ2n) is 12.1. The Morgan fingerprint density at radius 1 is 0.327 bits per heavy atom. The maximum Gasteiger partial charge on any atom is 0.340 e. The molecule has 0 saturated heterocycles. The van der Waals surface area contributed by atoms with E-state index >= 15 is 0 Å². The lowest BCUT2D eigenvalue weighted by Crippen LogP contribution is -2.38. The molecule has 9 rings (SSSR count). The first-order chi connectivity index (χ1) is 24.2. The molecule has 2 heterocycles. The summed E-state index contributed by atoms with van der Waals surface area (Å²) in [4.78, 5) is 29.1. The Morgan fingerprint density at radius 2 is 0.796 bits per heavy atom. The number of fused-ring (bicyclic) bond motifs is 5. The summed E-state index contributed by atoms with van der Waals surface area (Å²) >= 11 is 0. The van der Waals surface area contributed by atoms with Crippen molar-refractivity contribution >= 4 is 32.7 Å². The third kappa shape index (κ3) is 4.63. The van der Waals surface area contributed by atoms with Crippen molar-refractivity contribution in [2.45, 2.75) is 0 Å². The molecule has 9 aromatic rings. The van der Waals surface area contributed by atoms with E-state index in [9.17, 15) is 9.59 Å². The highest BCUT2D eigenvalue weighted by Crippen LogP contribution is 2.38. The first-order valence-electron chi connectivity index (χ1n) is 16.3. The monoisotopic (exact) mass is 631 g/mol. The third-order valence-corrected chi connectivity index (χ3v) is 9.28. The molecule has 0 spiro atoms. The van der Waals surface area contributed by atoms with E-state index in [2.05, 4.69) is 83.4 Å². The Bertz CT molecular complexity index is 2720. The maximum absolute atomic E-state index is 14.8. The lowest BCUT2D eigenvalue weighted by Gasteiger charge is -2.16. The predicted octanol–water partition coefficient (Wildman–Crippen LogP) is 9.57. The highest BCUT2D eigenvalue weighted by molar-refractivity contribution is 6.20. The van der Waals surface area contributed by atoms with Gasteiger partial charge >= 0.3 is 5.69 Å². The van der Waals surface area contributed by atoms with Gasteiger partial charge in [-0.05, 0) is 82.9 Å². The van der Waals surface area contributed by atoms with Gasteiger partial charge in [-0.1, -0.05) is 115 Å². The molecule has 0 saturated carbocycles. The second-order valence-corrected chi connectivity index (χ2v) is 12.1. The molecular weight excluding hydrogens is 603 g/mol. The lowest BCUT2D eigenvalue weighted by atomic mass is 9.98. The Kier molecular flexibility index (Phi) is 6.69. The van der Waals surface area contributed by atoms with E-state index in [0.29, 0.717) is 22.3 Å². The fourth-order valence-electron chi connectivity index (χ4n) is 7.10. The molecule has 5 heteroatoms. The molecule has 0 aliphatic carbocycles. The van der Waals surface area contributed by atoms with Gasteiger partial charge in [0.1, 0.15) is 0 Å². The normalized spacial score (nSPS) is 11.4. The van der Waals surface area contributed by atoms with Crippen molar-refractivity contribution in [2.24, 2.45) is 0 Å². The van der Waals surface area contributed by atoms with Crippen LogP contribution in [-0.4, -0.2) is 13.7 Å². The van der Waals surface area contributed by atoms with Gasteiger partial charge in [0.25, 0.3) is 5.56 Å². The van der Waals surface area contributed by atoms with Crippen molar-refractivity contribution in [3.05, 3.63) is 197 Å². The highest BCUT2D eigenvalue weighted by Gasteiger charge is 2.22. The van der Waals surface area contributed by atoms with Crippen LogP contribution in [0.4, 0.5) is 0 Å². The van der Waals surface area contributed by atoms with Crippen molar-refractivity contribution in [2.75, 3.05) is 0 Å². The maximum atomic E-state index is 14.8. The van der Waals surface area contributed by atoms with Gasteiger partial charge in [-0.3, -0.25) is 9.36 Å². The number of aromatic nitrogens is 3. The third-order valence-electron chi connectivity index (χ3n) is 9.28. The van der Waals surface area contributed by atoms with Gasteiger partial charge in [0, 0.05) is 16.5 Å². The summed E-state index contributed by atoms with van der Waals surface area (Å²) in [5.74, 6) is 0. The molecule has 0 aliphatic heterocycles. The van der Waals surface area contributed by atoms with Crippen LogP contribution in [0.5, 0.6) is 0 Å². The van der Waals surface area contributed by atoms with Crippen LogP contribution in [-0.2, 0) is 0 Å². The van der Waals surface area contributed by atoms with Gasteiger partial charge in [0.2, 0.25) is 0 Å². The van der Waals surface area contributed by atoms with Crippen LogP contribution in [0, 0.1) is 0 Å². The Labute approximate surface area is 281 Å². The summed E-state index contributed by atoms with van der Waals surface area (Å²) in [6, 6.07) is 58.3. The average molecular weight is 632 g/mol. The molecule has 0 aliphatic rings.